The molecule has 21 heavy (non-hydrogen) atoms. The number of para-hydroxylation sites is 1. The first-order valence-electron chi connectivity index (χ1n) is 6.65. The van der Waals surface area contributed by atoms with E-state index in [2.05, 4.69) is 65.1 Å². The van der Waals surface area contributed by atoms with Crippen LogP contribution in [0.5, 0.6) is 11.5 Å². The average molecular weight is 402 g/mol. The molecule has 0 radical (unpaired) electrons. The molecule has 0 aliphatic heterocycles. The molecule has 0 amide bonds. The van der Waals surface area contributed by atoms with Gasteiger partial charge in [-0.2, -0.15) is 0 Å². The first kappa shape index (κ1) is 13.1. The van der Waals surface area contributed by atoms with Crippen molar-refractivity contribution in [3.8, 4) is 11.5 Å². The first-order chi connectivity index (χ1) is 10.3. The molecule has 0 aliphatic rings. The fraction of sp³-hybridized carbons (Fsp3) is 0. The Morgan fingerprint density at radius 1 is 0.714 bits per heavy atom. The van der Waals surface area contributed by atoms with Crippen molar-refractivity contribution in [1.82, 2.24) is 0 Å². The van der Waals surface area contributed by atoms with Crippen molar-refractivity contribution in [2.75, 3.05) is 0 Å². The van der Waals surface area contributed by atoms with Crippen molar-refractivity contribution in [3.05, 3.63) is 70.3 Å². The summed E-state index contributed by atoms with van der Waals surface area (Å²) >= 11 is 4.09. The Morgan fingerprint density at radius 3 is 2.33 bits per heavy atom. The van der Waals surface area contributed by atoms with Gasteiger partial charge in [-0.05, 0) is 46.9 Å². The van der Waals surface area contributed by atoms with Crippen LogP contribution in [-0.4, -0.2) is 0 Å². The number of ether oxygens (including phenoxy) is 1. The molecule has 0 bridgehead atoms. The van der Waals surface area contributed by atoms with Gasteiger partial charge in [-0.15, -0.1) is 11.3 Å². The van der Waals surface area contributed by atoms with E-state index < -0.39 is 0 Å². The molecule has 0 saturated carbocycles. The number of benzene rings is 3. The lowest BCUT2D eigenvalue weighted by atomic mass is 10.1. The van der Waals surface area contributed by atoms with Crippen molar-refractivity contribution in [2.24, 2.45) is 0 Å². The maximum atomic E-state index is 6.15. The van der Waals surface area contributed by atoms with Gasteiger partial charge >= 0.3 is 0 Å². The lowest BCUT2D eigenvalue weighted by Crippen LogP contribution is -1.86. The zero-order chi connectivity index (χ0) is 14.2. The molecule has 0 aliphatic carbocycles. The monoisotopic (exact) mass is 402 g/mol. The quantitative estimate of drug-likeness (QED) is 0.350. The minimum absolute atomic E-state index is 0.906. The van der Waals surface area contributed by atoms with Crippen LogP contribution in [-0.2, 0) is 0 Å². The van der Waals surface area contributed by atoms with Crippen LogP contribution in [0.3, 0.4) is 0 Å². The number of fused-ring (bicyclic) bond motifs is 3. The van der Waals surface area contributed by atoms with Crippen LogP contribution in [0.1, 0.15) is 0 Å². The van der Waals surface area contributed by atoms with Gasteiger partial charge in [0.05, 0.1) is 8.27 Å². The molecule has 1 nitrogen and oxygen atoms in total. The Kier molecular flexibility index (Phi) is 3.31. The summed E-state index contributed by atoms with van der Waals surface area (Å²) in [6, 6.07) is 22.9. The van der Waals surface area contributed by atoms with E-state index >= 15 is 0 Å². The average Bonchev–Trinajstić information content (AvgIpc) is 2.89. The Labute approximate surface area is 140 Å². The largest absolute Gasteiger partial charge is 0.455 e. The van der Waals surface area contributed by atoms with Gasteiger partial charge < -0.3 is 4.74 Å². The second-order valence-electron chi connectivity index (χ2n) is 4.76. The molecular weight excluding hydrogens is 391 g/mol. The Hall–Kier alpha value is -1.59. The summed E-state index contributed by atoms with van der Waals surface area (Å²) in [5.74, 6) is 1.83. The molecule has 1 heterocycles. The highest BCUT2D eigenvalue weighted by Crippen LogP contribution is 2.41. The highest BCUT2D eigenvalue weighted by atomic mass is 127. The summed E-state index contributed by atoms with van der Waals surface area (Å²) in [6.45, 7) is 0. The summed E-state index contributed by atoms with van der Waals surface area (Å²) in [5, 5.41) is 2.56. The van der Waals surface area contributed by atoms with Gasteiger partial charge in [0.15, 0.2) is 0 Å². The van der Waals surface area contributed by atoms with Crippen LogP contribution in [0.15, 0.2) is 66.7 Å². The zero-order valence-corrected chi connectivity index (χ0v) is 14.0. The third kappa shape index (κ3) is 2.30. The molecule has 3 heteroatoms. The standard InChI is InChI=1S/C18H11IOS/c19-14-8-2-3-9-15(14)20-16-10-5-7-13-12-6-1-4-11-17(12)21-18(13)16/h1-11H. The van der Waals surface area contributed by atoms with Gasteiger partial charge in [-0.1, -0.05) is 42.5 Å². The summed E-state index contributed by atoms with van der Waals surface area (Å²) in [7, 11) is 0. The van der Waals surface area contributed by atoms with Crippen molar-refractivity contribution in [2.45, 2.75) is 0 Å². The van der Waals surface area contributed by atoms with Crippen LogP contribution in [0.2, 0.25) is 0 Å². The van der Waals surface area contributed by atoms with Gasteiger partial charge in [0.1, 0.15) is 11.5 Å². The van der Waals surface area contributed by atoms with Crippen molar-refractivity contribution < 1.29 is 4.74 Å². The molecular formula is C18H11IOS. The minimum atomic E-state index is 0.906. The molecule has 102 valence electrons. The van der Waals surface area contributed by atoms with Crippen molar-refractivity contribution >= 4 is 54.1 Å². The number of hydrogen-bond donors (Lipinski definition) is 0. The highest BCUT2D eigenvalue weighted by molar-refractivity contribution is 14.1. The van der Waals surface area contributed by atoms with Crippen LogP contribution < -0.4 is 4.74 Å². The second-order valence-corrected chi connectivity index (χ2v) is 6.98. The Bertz CT molecular complexity index is 942. The molecule has 0 saturated heterocycles. The fourth-order valence-corrected chi connectivity index (χ4v) is 4.10. The predicted molar refractivity (Wildman–Crippen MR) is 98.6 cm³/mol. The van der Waals surface area contributed by atoms with Crippen LogP contribution in [0.4, 0.5) is 0 Å². The number of hydrogen-bond acceptors (Lipinski definition) is 2. The maximum Gasteiger partial charge on any atom is 0.145 e. The maximum absolute atomic E-state index is 6.15. The van der Waals surface area contributed by atoms with Crippen LogP contribution in [0, 0.1) is 3.57 Å². The minimum Gasteiger partial charge on any atom is -0.455 e. The smallest absolute Gasteiger partial charge is 0.145 e. The summed E-state index contributed by atoms with van der Waals surface area (Å²) in [4.78, 5) is 0. The Balaban J connectivity index is 1.91. The van der Waals surface area contributed by atoms with Crippen molar-refractivity contribution in [1.29, 1.82) is 0 Å². The lowest BCUT2D eigenvalue weighted by Gasteiger charge is -2.08. The molecule has 0 N–H and O–H groups in total. The topological polar surface area (TPSA) is 9.23 Å². The second kappa shape index (κ2) is 5.31. The van der Waals surface area contributed by atoms with E-state index in [1.165, 1.54) is 20.2 Å². The first-order valence-corrected chi connectivity index (χ1v) is 8.55. The molecule has 0 fully saturated rings. The molecule has 0 spiro atoms. The molecule has 0 atom stereocenters. The van der Waals surface area contributed by atoms with E-state index in [1.807, 2.05) is 24.3 Å². The van der Waals surface area contributed by atoms with E-state index in [0.29, 0.717) is 0 Å². The normalized spacial score (nSPS) is 11.1. The summed E-state index contributed by atoms with van der Waals surface area (Å²) in [6.07, 6.45) is 0. The van der Waals surface area contributed by atoms with Gasteiger partial charge in [0.25, 0.3) is 0 Å². The highest BCUT2D eigenvalue weighted by Gasteiger charge is 2.10. The lowest BCUT2D eigenvalue weighted by molar-refractivity contribution is 0.485. The van der Waals surface area contributed by atoms with E-state index in [-0.39, 0.29) is 0 Å². The molecule has 4 aromatic rings. The summed E-state index contributed by atoms with van der Waals surface area (Å²) < 4.78 is 9.78. The Morgan fingerprint density at radius 2 is 1.43 bits per heavy atom. The summed E-state index contributed by atoms with van der Waals surface area (Å²) in [5.41, 5.74) is 0. The third-order valence-corrected chi connectivity index (χ3v) is 5.52. The number of rotatable bonds is 2. The SMILES string of the molecule is Ic1ccccc1Oc1cccc2c1sc1ccccc12. The van der Waals surface area contributed by atoms with E-state index in [1.54, 1.807) is 11.3 Å². The molecule has 3 aromatic carbocycles. The molecule has 0 unspecified atom stereocenters. The zero-order valence-electron chi connectivity index (χ0n) is 11.0. The number of thiophene rings is 1. The molecule has 1 aromatic heterocycles. The van der Waals surface area contributed by atoms with E-state index in [9.17, 15) is 0 Å². The third-order valence-electron chi connectivity index (χ3n) is 3.42. The predicted octanol–water partition coefficient (Wildman–Crippen LogP) is 6.45. The van der Waals surface area contributed by atoms with Gasteiger partial charge in [-0.3, -0.25) is 0 Å². The van der Waals surface area contributed by atoms with E-state index in [0.717, 1.165) is 15.1 Å². The van der Waals surface area contributed by atoms with Crippen LogP contribution in [0.25, 0.3) is 20.2 Å². The van der Waals surface area contributed by atoms with Gasteiger partial charge in [-0.25, -0.2) is 0 Å². The van der Waals surface area contributed by atoms with Crippen molar-refractivity contribution in [3.63, 3.8) is 0 Å². The van der Waals surface area contributed by atoms with E-state index in [4.69, 9.17) is 4.74 Å². The van der Waals surface area contributed by atoms with Gasteiger partial charge in [0, 0.05) is 15.5 Å². The van der Waals surface area contributed by atoms with Crippen LogP contribution >= 0.6 is 33.9 Å². The molecule has 4 rings (SSSR count). The van der Waals surface area contributed by atoms with Gasteiger partial charge in [0.2, 0.25) is 0 Å². The number of halogens is 1. The fourth-order valence-electron chi connectivity index (χ4n) is 2.45.